The van der Waals surface area contributed by atoms with Gasteiger partial charge in [0.1, 0.15) is 5.75 Å². The van der Waals surface area contributed by atoms with Gasteiger partial charge in [-0.1, -0.05) is 18.2 Å². The number of benzene rings is 1. The highest BCUT2D eigenvalue weighted by molar-refractivity contribution is 5.63. The Morgan fingerprint density at radius 1 is 1.15 bits per heavy atom. The first-order valence-corrected chi connectivity index (χ1v) is 5.82. The third kappa shape index (κ3) is 15.9. The molecule has 0 aliphatic heterocycles. The molecule has 1 aromatic rings. The van der Waals surface area contributed by atoms with Crippen LogP contribution in [0, 0.1) is 0 Å². The lowest BCUT2D eigenvalue weighted by Gasteiger charge is -2.09. The van der Waals surface area contributed by atoms with Gasteiger partial charge in [-0.05, 0) is 18.1 Å². The summed E-state index contributed by atoms with van der Waals surface area (Å²) in [5.74, 6) is -1.37. The number of rotatable bonds is 3. The molecular formula is C13H22N2O5. The predicted molar refractivity (Wildman–Crippen MR) is 75.5 cm³/mol. The molecule has 114 valence electrons. The fraction of sp³-hybridized carbons (Fsp3) is 0.385. The van der Waals surface area contributed by atoms with E-state index in [1.54, 1.807) is 12.1 Å². The molecule has 0 aliphatic rings. The smallest absolute Gasteiger partial charge is 0.300 e. The Morgan fingerprint density at radius 2 is 1.55 bits per heavy atom. The van der Waals surface area contributed by atoms with E-state index >= 15 is 0 Å². The minimum Gasteiger partial charge on any atom is -0.508 e. The van der Waals surface area contributed by atoms with Gasteiger partial charge in [0.15, 0.2) is 0 Å². The third-order valence-electron chi connectivity index (χ3n) is 1.78. The van der Waals surface area contributed by atoms with Gasteiger partial charge in [0.2, 0.25) is 0 Å². The summed E-state index contributed by atoms with van der Waals surface area (Å²) < 4.78 is 0. The number of nitrogens with two attached hydrogens (primary N) is 2. The molecule has 7 nitrogen and oxygen atoms in total. The third-order valence-corrected chi connectivity index (χ3v) is 1.78. The van der Waals surface area contributed by atoms with Crippen LogP contribution in [0.4, 0.5) is 0 Å². The fourth-order valence-electron chi connectivity index (χ4n) is 1.05. The summed E-state index contributed by atoms with van der Waals surface area (Å²) in [5, 5.41) is 24.2. The maximum atomic E-state index is 9.36. The number of carboxylic acid groups (broad SMARTS) is 2. The molecule has 1 rings (SSSR count). The zero-order valence-corrected chi connectivity index (χ0v) is 11.6. The Kier molecular flexibility index (Phi) is 12.1. The molecule has 0 radical (unpaired) electrons. The van der Waals surface area contributed by atoms with Gasteiger partial charge in [0.05, 0.1) is 0 Å². The second-order valence-corrected chi connectivity index (χ2v) is 3.87. The summed E-state index contributed by atoms with van der Waals surface area (Å²) in [6.45, 7) is 2.61. The summed E-state index contributed by atoms with van der Waals surface area (Å²) in [6, 6.07) is 7.09. The van der Waals surface area contributed by atoms with Crippen LogP contribution in [0.15, 0.2) is 24.3 Å². The second kappa shape index (κ2) is 11.9. The monoisotopic (exact) mass is 286 g/mol. The number of hydrogen-bond acceptors (Lipinski definition) is 5. The van der Waals surface area contributed by atoms with Crippen LogP contribution < -0.4 is 11.5 Å². The molecule has 0 aliphatic carbocycles. The zero-order valence-electron chi connectivity index (χ0n) is 11.6. The Balaban J connectivity index is 0. The molecule has 0 amide bonds. The zero-order chi connectivity index (χ0) is 16.1. The molecule has 0 bridgehead atoms. The molecule has 0 fully saturated rings. The summed E-state index contributed by atoms with van der Waals surface area (Å²) in [4.78, 5) is 18.0. The van der Waals surface area contributed by atoms with Crippen LogP contribution in [0.5, 0.6) is 5.75 Å². The average molecular weight is 286 g/mol. The Bertz CT molecular complexity index is 390. The normalized spacial score (nSPS) is 10.2. The lowest BCUT2D eigenvalue weighted by Crippen LogP contribution is -2.31. The number of carboxylic acids is 2. The SMILES string of the molecule is CC(=O)O.CC(=O)O.NCC(N)Cc1ccccc1O. The molecule has 0 heterocycles. The van der Waals surface area contributed by atoms with Gasteiger partial charge in [-0.3, -0.25) is 9.59 Å². The predicted octanol–water partition coefficient (Wildman–Crippen LogP) is 0.403. The molecule has 0 saturated carbocycles. The van der Waals surface area contributed by atoms with Gasteiger partial charge < -0.3 is 26.8 Å². The van der Waals surface area contributed by atoms with E-state index in [0.29, 0.717) is 18.7 Å². The van der Waals surface area contributed by atoms with Crippen molar-refractivity contribution in [3.05, 3.63) is 29.8 Å². The van der Waals surface area contributed by atoms with Gasteiger partial charge in [0, 0.05) is 26.4 Å². The Morgan fingerprint density at radius 3 is 1.90 bits per heavy atom. The Labute approximate surface area is 117 Å². The van der Waals surface area contributed by atoms with Crippen molar-refractivity contribution in [2.24, 2.45) is 11.5 Å². The molecule has 7 N–H and O–H groups in total. The lowest BCUT2D eigenvalue weighted by molar-refractivity contribution is -0.135. The molecule has 0 aromatic heterocycles. The summed E-state index contributed by atoms with van der Waals surface area (Å²) in [6.07, 6.45) is 0.628. The van der Waals surface area contributed by atoms with E-state index in [1.165, 1.54) is 0 Å². The van der Waals surface area contributed by atoms with Crippen molar-refractivity contribution in [1.82, 2.24) is 0 Å². The average Bonchev–Trinajstić information content (AvgIpc) is 2.30. The molecule has 1 unspecified atom stereocenters. The molecule has 20 heavy (non-hydrogen) atoms. The largest absolute Gasteiger partial charge is 0.508 e. The molecule has 1 atom stereocenters. The van der Waals surface area contributed by atoms with E-state index in [4.69, 9.17) is 31.3 Å². The quantitative estimate of drug-likeness (QED) is 0.540. The van der Waals surface area contributed by atoms with Crippen molar-refractivity contribution in [3.8, 4) is 5.75 Å². The fourth-order valence-corrected chi connectivity index (χ4v) is 1.05. The van der Waals surface area contributed by atoms with E-state index in [2.05, 4.69) is 0 Å². The maximum Gasteiger partial charge on any atom is 0.300 e. The molecular weight excluding hydrogens is 264 g/mol. The van der Waals surface area contributed by atoms with Crippen LogP contribution >= 0.6 is 0 Å². The molecule has 7 heteroatoms. The van der Waals surface area contributed by atoms with E-state index in [9.17, 15) is 5.11 Å². The van der Waals surface area contributed by atoms with Gasteiger partial charge in [0.25, 0.3) is 11.9 Å². The van der Waals surface area contributed by atoms with Crippen molar-refractivity contribution in [2.45, 2.75) is 26.3 Å². The van der Waals surface area contributed by atoms with E-state index in [-0.39, 0.29) is 6.04 Å². The molecule has 1 aromatic carbocycles. The van der Waals surface area contributed by atoms with Gasteiger partial charge in [-0.15, -0.1) is 0 Å². The van der Waals surface area contributed by atoms with Crippen molar-refractivity contribution >= 4 is 11.9 Å². The topological polar surface area (TPSA) is 147 Å². The highest BCUT2D eigenvalue weighted by Crippen LogP contribution is 2.16. The lowest BCUT2D eigenvalue weighted by atomic mass is 10.1. The van der Waals surface area contributed by atoms with Crippen LogP contribution in [0.1, 0.15) is 19.4 Å². The van der Waals surface area contributed by atoms with Crippen LogP contribution in [0.3, 0.4) is 0 Å². The van der Waals surface area contributed by atoms with Gasteiger partial charge in [-0.2, -0.15) is 0 Å². The number of para-hydroxylation sites is 1. The molecule has 0 spiro atoms. The van der Waals surface area contributed by atoms with E-state index < -0.39 is 11.9 Å². The number of phenols is 1. The van der Waals surface area contributed by atoms with Crippen LogP contribution in [0.2, 0.25) is 0 Å². The summed E-state index contributed by atoms with van der Waals surface area (Å²) in [5.41, 5.74) is 11.9. The van der Waals surface area contributed by atoms with Gasteiger partial charge in [-0.25, -0.2) is 0 Å². The number of hydrogen-bond donors (Lipinski definition) is 5. The number of phenolic OH excluding ortho intramolecular Hbond substituents is 1. The second-order valence-electron chi connectivity index (χ2n) is 3.87. The molecule has 0 saturated heterocycles. The Hall–Kier alpha value is -2.12. The van der Waals surface area contributed by atoms with Gasteiger partial charge >= 0.3 is 0 Å². The van der Waals surface area contributed by atoms with Crippen LogP contribution in [-0.4, -0.2) is 39.8 Å². The van der Waals surface area contributed by atoms with Crippen molar-refractivity contribution in [3.63, 3.8) is 0 Å². The van der Waals surface area contributed by atoms with Crippen molar-refractivity contribution in [1.29, 1.82) is 0 Å². The highest BCUT2D eigenvalue weighted by atomic mass is 16.4. The first-order valence-electron chi connectivity index (χ1n) is 5.82. The number of aromatic hydroxyl groups is 1. The number of aliphatic carboxylic acids is 2. The summed E-state index contributed by atoms with van der Waals surface area (Å²) in [7, 11) is 0. The van der Waals surface area contributed by atoms with E-state index in [1.807, 2.05) is 12.1 Å². The first kappa shape index (κ1) is 20.2. The van der Waals surface area contributed by atoms with Crippen LogP contribution in [0.25, 0.3) is 0 Å². The number of carbonyl (C=O) groups is 2. The standard InChI is InChI=1S/C9H14N2O.2C2H4O2/c10-6-8(11)5-7-3-1-2-4-9(7)12;2*1-2(3)4/h1-4,8,12H,5-6,10-11H2;2*1H3,(H,3,4). The maximum absolute atomic E-state index is 9.36. The van der Waals surface area contributed by atoms with Crippen LogP contribution in [-0.2, 0) is 16.0 Å². The highest BCUT2D eigenvalue weighted by Gasteiger charge is 2.04. The minimum atomic E-state index is -0.833. The van der Waals surface area contributed by atoms with Crippen molar-refractivity contribution < 1.29 is 24.9 Å². The first-order chi connectivity index (χ1) is 9.20. The minimum absolute atomic E-state index is 0.0710. The summed E-state index contributed by atoms with van der Waals surface area (Å²) >= 11 is 0. The van der Waals surface area contributed by atoms with Crippen molar-refractivity contribution in [2.75, 3.05) is 6.54 Å². The van der Waals surface area contributed by atoms with E-state index in [0.717, 1.165) is 19.4 Å².